The minimum atomic E-state index is -3.71. The summed E-state index contributed by atoms with van der Waals surface area (Å²) >= 11 is 0. The summed E-state index contributed by atoms with van der Waals surface area (Å²) < 4.78 is 38.9. The normalized spacial score (nSPS) is 32.3. The van der Waals surface area contributed by atoms with E-state index in [0.29, 0.717) is 4.57 Å². The number of ether oxygens (including phenoxy) is 2. The van der Waals surface area contributed by atoms with Crippen LogP contribution in [-0.4, -0.2) is 94.3 Å². The van der Waals surface area contributed by atoms with Gasteiger partial charge in [-0.2, -0.15) is 13.8 Å². The van der Waals surface area contributed by atoms with Crippen LogP contribution in [-0.2, 0) is 9.47 Å². The number of anilines is 1. The summed E-state index contributed by atoms with van der Waals surface area (Å²) in [6.45, 7) is -1.21. The summed E-state index contributed by atoms with van der Waals surface area (Å²) in [5, 5.41) is 46.2. The number of nitrogen functional groups attached to an aromatic ring is 1. The topological polar surface area (TPSA) is 215 Å². The lowest BCUT2D eigenvalue weighted by Gasteiger charge is -2.20. The molecule has 16 heteroatoms. The molecule has 4 rings (SSSR count). The first-order valence-corrected chi connectivity index (χ1v) is 9.85. The van der Waals surface area contributed by atoms with Gasteiger partial charge in [-0.25, -0.2) is 14.6 Å². The molecule has 0 radical (unpaired) electrons. The molecule has 0 saturated carbocycles. The number of nitrogens with zero attached hydrogens (tertiary/aromatic N) is 4. The molecule has 0 amide bonds. The first-order valence-electron chi connectivity index (χ1n) is 9.85. The first-order chi connectivity index (χ1) is 16.0. The highest BCUT2D eigenvalue weighted by Gasteiger charge is 2.59. The lowest BCUT2D eigenvalue weighted by Crippen LogP contribution is -2.41. The van der Waals surface area contributed by atoms with Crippen LogP contribution < -0.4 is 17.1 Å². The second-order valence-corrected chi connectivity index (χ2v) is 7.41. The van der Waals surface area contributed by atoms with Gasteiger partial charge in [0.05, 0.1) is 13.2 Å². The van der Waals surface area contributed by atoms with Crippen molar-refractivity contribution in [2.45, 2.75) is 48.9 Å². The number of hydrogen-bond acceptors (Lipinski definition) is 12. The molecule has 0 unspecified atom stereocenters. The predicted octanol–water partition coefficient (Wildman–Crippen LogP) is -3.43. The largest absolute Gasteiger partial charge is 0.394 e. The molecule has 2 fully saturated rings. The molecule has 7 atom stereocenters. The molecule has 2 aliphatic rings. The van der Waals surface area contributed by atoms with Gasteiger partial charge >= 0.3 is 17.3 Å². The van der Waals surface area contributed by atoms with Gasteiger partial charge < -0.3 is 40.7 Å². The SMILES string of the molecule is Nc1ccn([C@@H]2O[C@H](CO)[C@@H](O)C2(F)F)c(=O)n1.O=c1ncccn1[C@@H]1O[C@H](CO)[C@@H](O)[C@H]1O. The molecule has 34 heavy (non-hydrogen) atoms. The van der Waals surface area contributed by atoms with E-state index in [2.05, 4.69) is 9.97 Å². The summed E-state index contributed by atoms with van der Waals surface area (Å²) in [4.78, 5) is 29.6. The maximum absolute atomic E-state index is 13.7. The number of hydrogen-bond donors (Lipinski definition) is 6. The van der Waals surface area contributed by atoms with Crippen molar-refractivity contribution in [3.8, 4) is 0 Å². The van der Waals surface area contributed by atoms with Crippen LogP contribution in [0.3, 0.4) is 0 Å². The summed E-state index contributed by atoms with van der Waals surface area (Å²) in [5.41, 5.74) is 3.62. The number of aliphatic hydroxyl groups is 5. The smallest absolute Gasteiger partial charge is 0.351 e. The van der Waals surface area contributed by atoms with Gasteiger partial charge in [-0.1, -0.05) is 0 Å². The van der Waals surface area contributed by atoms with Gasteiger partial charge in [-0.3, -0.25) is 9.13 Å². The van der Waals surface area contributed by atoms with Crippen LogP contribution in [0.5, 0.6) is 0 Å². The molecule has 2 saturated heterocycles. The van der Waals surface area contributed by atoms with Crippen LogP contribution in [0.1, 0.15) is 12.5 Å². The molecule has 2 aliphatic heterocycles. The Morgan fingerprint density at radius 3 is 2.21 bits per heavy atom. The monoisotopic (exact) mass is 491 g/mol. The van der Waals surface area contributed by atoms with Crippen LogP contribution in [0, 0.1) is 0 Å². The Morgan fingerprint density at radius 1 is 1.00 bits per heavy atom. The van der Waals surface area contributed by atoms with Gasteiger partial charge in [-0.15, -0.1) is 0 Å². The van der Waals surface area contributed by atoms with Gasteiger partial charge in [0.25, 0.3) is 0 Å². The average Bonchev–Trinajstić information content (AvgIpc) is 3.21. The second kappa shape index (κ2) is 10.2. The lowest BCUT2D eigenvalue weighted by atomic mass is 10.1. The molecule has 0 aromatic carbocycles. The van der Waals surface area contributed by atoms with Gasteiger partial charge in [0, 0.05) is 18.6 Å². The summed E-state index contributed by atoms with van der Waals surface area (Å²) in [6.07, 6.45) is -6.37. The molecule has 188 valence electrons. The highest BCUT2D eigenvalue weighted by molar-refractivity contribution is 5.23. The first kappa shape index (κ1) is 25.8. The second-order valence-electron chi connectivity index (χ2n) is 7.41. The van der Waals surface area contributed by atoms with Crippen molar-refractivity contribution in [3.63, 3.8) is 0 Å². The predicted molar refractivity (Wildman–Crippen MR) is 106 cm³/mol. The Bertz CT molecular complexity index is 1100. The Hall–Kier alpha value is -2.86. The van der Waals surface area contributed by atoms with E-state index in [1.807, 2.05) is 0 Å². The zero-order chi connectivity index (χ0) is 25.2. The molecule has 0 bridgehead atoms. The van der Waals surface area contributed by atoms with Crippen molar-refractivity contribution in [1.29, 1.82) is 0 Å². The number of aromatic nitrogens is 4. The molecule has 2 aromatic rings. The van der Waals surface area contributed by atoms with Crippen molar-refractivity contribution < 1.29 is 43.8 Å². The standard InChI is InChI=1S/C9H11F2N3O4.C9H12N2O5/c10-9(11)6(16)4(3-15)18-7(9)14-2-1-5(12)13-8(14)17;12-4-5-6(13)7(14)8(16-5)11-3-1-2-10-9(11)15/h1-2,4,6-7,15-16H,3H2,(H2,12,13,17);1-3,5-8,12-14H,4H2/t4-,6-,7-;5-,6-,7-,8-/m11/s1. The van der Waals surface area contributed by atoms with E-state index in [0.717, 1.165) is 16.8 Å². The number of aliphatic hydroxyl groups excluding tert-OH is 5. The van der Waals surface area contributed by atoms with Gasteiger partial charge in [0.1, 0.15) is 30.2 Å². The highest BCUT2D eigenvalue weighted by Crippen LogP contribution is 2.41. The molecule has 7 N–H and O–H groups in total. The fourth-order valence-corrected chi connectivity index (χ4v) is 3.39. The molecular weight excluding hydrogens is 468 g/mol. The molecule has 2 aromatic heterocycles. The molecular formula is C18H23F2N5O9. The molecule has 14 nitrogen and oxygen atoms in total. The van der Waals surface area contributed by atoms with Crippen LogP contribution in [0.4, 0.5) is 14.6 Å². The number of rotatable bonds is 4. The van der Waals surface area contributed by atoms with Crippen LogP contribution in [0.2, 0.25) is 0 Å². The minimum Gasteiger partial charge on any atom is -0.394 e. The average molecular weight is 491 g/mol. The van der Waals surface area contributed by atoms with Gasteiger partial charge in [0.15, 0.2) is 12.3 Å². The van der Waals surface area contributed by atoms with Crippen LogP contribution in [0.25, 0.3) is 0 Å². The Labute approximate surface area is 189 Å². The molecule has 0 spiro atoms. The van der Waals surface area contributed by atoms with Crippen LogP contribution >= 0.6 is 0 Å². The van der Waals surface area contributed by atoms with E-state index < -0.39 is 73.5 Å². The quantitative estimate of drug-likeness (QED) is 0.246. The maximum Gasteiger partial charge on any atom is 0.351 e. The van der Waals surface area contributed by atoms with Crippen molar-refractivity contribution in [2.24, 2.45) is 0 Å². The number of nitrogens with two attached hydrogens (primary N) is 1. The Balaban J connectivity index is 0.000000192. The maximum atomic E-state index is 13.7. The van der Waals surface area contributed by atoms with E-state index in [1.54, 1.807) is 0 Å². The van der Waals surface area contributed by atoms with E-state index in [4.69, 9.17) is 25.4 Å². The fraction of sp³-hybridized carbons (Fsp3) is 0.556. The third kappa shape index (κ3) is 4.83. The van der Waals surface area contributed by atoms with Crippen molar-refractivity contribution >= 4 is 5.82 Å². The van der Waals surface area contributed by atoms with Gasteiger partial charge in [-0.05, 0) is 12.1 Å². The van der Waals surface area contributed by atoms with Crippen molar-refractivity contribution in [1.82, 2.24) is 19.1 Å². The number of alkyl halides is 2. The zero-order valence-electron chi connectivity index (χ0n) is 17.3. The fourth-order valence-electron chi connectivity index (χ4n) is 3.39. The summed E-state index contributed by atoms with van der Waals surface area (Å²) in [6, 6.07) is 2.66. The minimum absolute atomic E-state index is 0.114. The van der Waals surface area contributed by atoms with Crippen LogP contribution in [0.15, 0.2) is 40.3 Å². The summed E-state index contributed by atoms with van der Waals surface area (Å²) in [5.74, 6) is -3.83. The van der Waals surface area contributed by atoms with Crippen molar-refractivity contribution in [2.75, 3.05) is 18.9 Å². The number of halogens is 2. The zero-order valence-corrected chi connectivity index (χ0v) is 17.3. The molecule has 0 aliphatic carbocycles. The Morgan fingerprint density at radius 2 is 1.68 bits per heavy atom. The van der Waals surface area contributed by atoms with E-state index in [1.165, 1.54) is 18.5 Å². The van der Waals surface area contributed by atoms with E-state index in [-0.39, 0.29) is 5.82 Å². The third-order valence-corrected chi connectivity index (χ3v) is 5.19. The summed E-state index contributed by atoms with van der Waals surface area (Å²) in [7, 11) is 0. The lowest BCUT2D eigenvalue weighted by molar-refractivity contribution is -0.140. The Kier molecular flexibility index (Phi) is 7.71. The van der Waals surface area contributed by atoms with Gasteiger partial charge in [0.2, 0.25) is 6.23 Å². The van der Waals surface area contributed by atoms with E-state index in [9.17, 15) is 33.7 Å². The molecule has 4 heterocycles. The van der Waals surface area contributed by atoms with E-state index >= 15 is 0 Å². The van der Waals surface area contributed by atoms with Crippen molar-refractivity contribution in [3.05, 3.63) is 51.7 Å². The highest BCUT2D eigenvalue weighted by atomic mass is 19.3. The third-order valence-electron chi connectivity index (χ3n) is 5.19.